The summed E-state index contributed by atoms with van der Waals surface area (Å²) in [5, 5.41) is 25.7. The Hall–Kier alpha value is -1.66. The maximum absolute atomic E-state index is 11.6. The van der Waals surface area contributed by atoms with Gasteiger partial charge in [0.25, 0.3) is 5.69 Å². The third-order valence-electron chi connectivity index (χ3n) is 5.53. The zero-order valence-corrected chi connectivity index (χ0v) is 14.3. The Balaban J connectivity index is 2.07. The molecule has 2 fully saturated rings. The lowest BCUT2D eigenvalue weighted by Gasteiger charge is -2.41. The number of benzene rings is 1. The maximum Gasteiger partial charge on any atom is 0.277 e. The van der Waals surface area contributed by atoms with Crippen molar-refractivity contribution in [2.45, 2.75) is 45.1 Å². The van der Waals surface area contributed by atoms with Gasteiger partial charge in [-0.3, -0.25) is 15.0 Å². The zero-order valence-electron chi connectivity index (χ0n) is 14.3. The SMILES string of the molecule is Cc1ccc([N+](=O)[O-])c([C@@H](C2CCCCC2)N2CCNCC2)c1O. The fraction of sp³-hybridized carbons (Fsp3) is 0.667. The molecule has 132 valence electrons. The molecule has 6 nitrogen and oxygen atoms in total. The van der Waals surface area contributed by atoms with Crippen LogP contribution in [0.15, 0.2) is 12.1 Å². The van der Waals surface area contributed by atoms with E-state index in [0.717, 1.165) is 39.0 Å². The highest BCUT2D eigenvalue weighted by Gasteiger charge is 2.37. The summed E-state index contributed by atoms with van der Waals surface area (Å²) < 4.78 is 0. The third-order valence-corrected chi connectivity index (χ3v) is 5.53. The summed E-state index contributed by atoms with van der Waals surface area (Å²) in [6.45, 7) is 5.34. The van der Waals surface area contributed by atoms with Gasteiger partial charge in [0, 0.05) is 38.3 Å². The number of nitro benzene ring substituents is 1. The molecule has 1 aromatic rings. The van der Waals surface area contributed by atoms with Gasteiger partial charge in [0.05, 0.1) is 10.5 Å². The van der Waals surface area contributed by atoms with Gasteiger partial charge in [-0.2, -0.15) is 0 Å². The van der Waals surface area contributed by atoms with Crippen LogP contribution in [0.5, 0.6) is 5.75 Å². The average Bonchev–Trinajstić information content (AvgIpc) is 2.60. The van der Waals surface area contributed by atoms with Crippen molar-refractivity contribution in [3.05, 3.63) is 33.4 Å². The Morgan fingerprint density at radius 3 is 2.54 bits per heavy atom. The van der Waals surface area contributed by atoms with Crippen LogP contribution < -0.4 is 5.32 Å². The second kappa shape index (κ2) is 7.49. The van der Waals surface area contributed by atoms with Gasteiger partial charge in [0.15, 0.2) is 0 Å². The van der Waals surface area contributed by atoms with E-state index in [1.165, 1.54) is 19.3 Å². The molecule has 2 aliphatic rings. The van der Waals surface area contributed by atoms with Crippen molar-refractivity contribution in [2.24, 2.45) is 5.92 Å². The molecule has 1 heterocycles. The Morgan fingerprint density at radius 1 is 1.25 bits per heavy atom. The molecular formula is C18H27N3O3. The minimum absolute atomic E-state index is 0.0622. The number of phenolic OH excluding ortho intramolecular Hbond substituents is 1. The predicted octanol–water partition coefficient (Wildman–Crippen LogP) is 3.14. The zero-order chi connectivity index (χ0) is 17.1. The number of phenols is 1. The van der Waals surface area contributed by atoms with Crippen LogP contribution in [0.1, 0.15) is 49.3 Å². The molecule has 0 radical (unpaired) electrons. The Kier molecular flexibility index (Phi) is 5.36. The molecule has 3 rings (SSSR count). The number of nitro groups is 1. The van der Waals surface area contributed by atoms with E-state index in [0.29, 0.717) is 17.0 Å². The van der Waals surface area contributed by atoms with Crippen LogP contribution in [-0.4, -0.2) is 41.1 Å². The van der Waals surface area contributed by atoms with Gasteiger partial charge in [-0.15, -0.1) is 0 Å². The molecule has 2 N–H and O–H groups in total. The van der Waals surface area contributed by atoms with Crippen LogP contribution in [0, 0.1) is 23.0 Å². The standard InChI is InChI=1S/C18H27N3O3/c1-13-7-8-15(21(23)24)16(18(13)22)17(14-5-3-2-4-6-14)20-11-9-19-10-12-20/h7-8,14,17,19,22H,2-6,9-12H2,1H3/t17-/m1/s1. The molecule has 1 aliphatic heterocycles. The van der Waals surface area contributed by atoms with Crippen molar-refractivity contribution in [1.29, 1.82) is 0 Å². The summed E-state index contributed by atoms with van der Waals surface area (Å²) >= 11 is 0. The normalized spacial score (nSPS) is 21.5. The molecule has 24 heavy (non-hydrogen) atoms. The first kappa shape index (κ1) is 17.2. The van der Waals surface area contributed by atoms with Gasteiger partial charge in [0.1, 0.15) is 5.75 Å². The summed E-state index contributed by atoms with van der Waals surface area (Å²) in [5.74, 6) is 0.488. The van der Waals surface area contributed by atoms with E-state index in [4.69, 9.17) is 0 Å². The first-order valence-corrected chi connectivity index (χ1v) is 9.01. The van der Waals surface area contributed by atoms with Crippen LogP contribution in [0.4, 0.5) is 5.69 Å². The van der Waals surface area contributed by atoms with Crippen LogP contribution in [-0.2, 0) is 0 Å². The molecule has 1 saturated heterocycles. The van der Waals surface area contributed by atoms with E-state index in [9.17, 15) is 15.2 Å². The number of nitrogens with one attached hydrogen (secondary N) is 1. The number of aromatic hydroxyl groups is 1. The quantitative estimate of drug-likeness (QED) is 0.654. The van der Waals surface area contributed by atoms with Gasteiger partial charge >= 0.3 is 0 Å². The lowest BCUT2D eigenvalue weighted by Crippen LogP contribution is -2.47. The lowest BCUT2D eigenvalue weighted by atomic mass is 9.79. The Morgan fingerprint density at radius 2 is 1.92 bits per heavy atom. The topological polar surface area (TPSA) is 78.6 Å². The van der Waals surface area contributed by atoms with E-state index in [1.54, 1.807) is 12.1 Å². The first-order valence-electron chi connectivity index (χ1n) is 9.01. The van der Waals surface area contributed by atoms with Gasteiger partial charge < -0.3 is 10.4 Å². The summed E-state index contributed by atoms with van der Waals surface area (Å²) in [6, 6.07) is 3.14. The van der Waals surface area contributed by atoms with Crippen molar-refractivity contribution in [2.75, 3.05) is 26.2 Å². The van der Waals surface area contributed by atoms with Gasteiger partial charge in [0.2, 0.25) is 0 Å². The second-order valence-electron chi connectivity index (χ2n) is 7.05. The van der Waals surface area contributed by atoms with Crippen molar-refractivity contribution in [3.63, 3.8) is 0 Å². The molecule has 1 aliphatic carbocycles. The monoisotopic (exact) mass is 333 g/mol. The minimum Gasteiger partial charge on any atom is -0.507 e. The number of nitrogens with zero attached hydrogens (tertiary/aromatic N) is 2. The number of hydrogen-bond donors (Lipinski definition) is 2. The molecule has 1 saturated carbocycles. The predicted molar refractivity (Wildman–Crippen MR) is 93.3 cm³/mol. The minimum atomic E-state index is -0.341. The van der Waals surface area contributed by atoms with Gasteiger partial charge in [-0.1, -0.05) is 19.3 Å². The highest BCUT2D eigenvalue weighted by Crippen LogP contribution is 2.46. The van der Waals surface area contributed by atoms with E-state index in [1.807, 2.05) is 6.92 Å². The highest BCUT2D eigenvalue weighted by atomic mass is 16.6. The van der Waals surface area contributed by atoms with Crippen LogP contribution >= 0.6 is 0 Å². The molecule has 0 bridgehead atoms. The van der Waals surface area contributed by atoms with Gasteiger partial charge in [-0.05, 0) is 37.3 Å². The van der Waals surface area contributed by atoms with Crippen molar-refractivity contribution in [3.8, 4) is 5.75 Å². The van der Waals surface area contributed by atoms with Crippen LogP contribution in [0.25, 0.3) is 0 Å². The van der Waals surface area contributed by atoms with E-state index < -0.39 is 0 Å². The van der Waals surface area contributed by atoms with Crippen LogP contribution in [0.3, 0.4) is 0 Å². The summed E-state index contributed by atoms with van der Waals surface area (Å²) in [5.41, 5.74) is 1.31. The Bertz CT molecular complexity index is 575. The molecule has 1 atom stereocenters. The number of hydrogen-bond acceptors (Lipinski definition) is 5. The fourth-order valence-electron chi connectivity index (χ4n) is 4.28. The number of rotatable bonds is 4. The molecule has 1 aromatic carbocycles. The fourth-order valence-corrected chi connectivity index (χ4v) is 4.28. The lowest BCUT2D eigenvalue weighted by molar-refractivity contribution is -0.386. The summed E-state index contributed by atoms with van der Waals surface area (Å²) in [7, 11) is 0. The van der Waals surface area contributed by atoms with E-state index >= 15 is 0 Å². The third kappa shape index (κ3) is 3.39. The molecule has 0 unspecified atom stereocenters. The number of aryl methyl sites for hydroxylation is 1. The van der Waals surface area contributed by atoms with Crippen molar-refractivity contribution in [1.82, 2.24) is 10.2 Å². The molecule has 6 heteroatoms. The van der Waals surface area contributed by atoms with Crippen LogP contribution in [0.2, 0.25) is 0 Å². The van der Waals surface area contributed by atoms with Gasteiger partial charge in [-0.25, -0.2) is 0 Å². The molecule has 0 amide bonds. The maximum atomic E-state index is 11.6. The van der Waals surface area contributed by atoms with Crippen molar-refractivity contribution < 1.29 is 10.0 Å². The number of piperazine rings is 1. The molecule has 0 spiro atoms. The smallest absolute Gasteiger partial charge is 0.277 e. The van der Waals surface area contributed by atoms with E-state index in [-0.39, 0.29) is 22.4 Å². The van der Waals surface area contributed by atoms with Crippen molar-refractivity contribution >= 4 is 5.69 Å². The van der Waals surface area contributed by atoms with E-state index in [2.05, 4.69) is 10.2 Å². The highest BCUT2D eigenvalue weighted by molar-refractivity contribution is 5.54. The molecular weight excluding hydrogens is 306 g/mol. The Labute approximate surface area is 143 Å². The first-order chi connectivity index (χ1) is 11.6. The second-order valence-corrected chi connectivity index (χ2v) is 7.05. The summed E-state index contributed by atoms with van der Waals surface area (Å²) in [4.78, 5) is 13.6. The largest absolute Gasteiger partial charge is 0.507 e. The molecule has 0 aromatic heterocycles. The average molecular weight is 333 g/mol. The summed E-state index contributed by atoms with van der Waals surface area (Å²) in [6.07, 6.45) is 5.76.